The predicted molar refractivity (Wildman–Crippen MR) is 127 cm³/mol. The summed E-state index contributed by atoms with van der Waals surface area (Å²) in [4.78, 5) is 23.6. The highest BCUT2D eigenvalue weighted by Crippen LogP contribution is 2.32. The molecule has 0 spiro atoms. The zero-order valence-corrected chi connectivity index (χ0v) is 19.6. The number of nitrogens with zero attached hydrogens (tertiary/aromatic N) is 2. The van der Waals surface area contributed by atoms with Gasteiger partial charge in [0.25, 0.3) is 5.22 Å². The first kappa shape index (κ1) is 23.6. The molecule has 0 aliphatic rings. The number of aliphatic carboxylic acids is 1. The molecular formula is C23H14Cl2N2O6S. The number of esters is 1. The number of carbonyl (C=O) groups is 2. The minimum atomic E-state index is -1.20. The highest BCUT2D eigenvalue weighted by Gasteiger charge is 2.18. The van der Waals surface area contributed by atoms with Crippen molar-refractivity contribution in [2.75, 3.05) is 7.11 Å². The summed E-state index contributed by atoms with van der Waals surface area (Å²) in [7, 11) is 1.26. The summed E-state index contributed by atoms with van der Waals surface area (Å²) in [6.07, 6.45) is 1.33. The van der Waals surface area contributed by atoms with Gasteiger partial charge in [-0.1, -0.05) is 23.2 Å². The molecule has 34 heavy (non-hydrogen) atoms. The number of carboxylic acids is 1. The van der Waals surface area contributed by atoms with Gasteiger partial charge in [-0.3, -0.25) is 0 Å². The first-order chi connectivity index (χ1) is 16.3. The van der Waals surface area contributed by atoms with Gasteiger partial charge in [0.1, 0.15) is 16.4 Å². The Bertz CT molecular complexity index is 1390. The number of carbonyl (C=O) groups excluding carboxylic acids is 1. The number of halogens is 2. The van der Waals surface area contributed by atoms with Crippen LogP contribution in [0.2, 0.25) is 10.0 Å². The molecule has 0 amide bonds. The second-order valence-corrected chi connectivity index (χ2v) is 8.52. The van der Waals surface area contributed by atoms with Gasteiger partial charge >= 0.3 is 11.9 Å². The van der Waals surface area contributed by atoms with E-state index in [-0.39, 0.29) is 32.4 Å². The minimum absolute atomic E-state index is 0.0470. The van der Waals surface area contributed by atoms with E-state index in [1.807, 2.05) is 0 Å². The van der Waals surface area contributed by atoms with Crippen molar-refractivity contribution in [1.82, 2.24) is 10.2 Å². The lowest BCUT2D eigenvalue weighted by molar-refractivity contribution is -0.131. The Kier molecular flexibility index (Phi) is 7.06. The van der Waals surface area contributed by atoms with Crippen molar-refractivity contribution in [2.24, 2.45) is 0 Å². The van der Waals surface area contributed by atoms with E-state index in [2.05, 4.69) is 10.2 Å². The Hall–Kier alpha value is -3.53. The van der Waals surface area contributed by atoms with Crippen LogP contribution in [0, 0.1) is 0 Å². The molecule has 0 aliphatic carbocycles. The normalized spacial score (nSPS) is 11.4. The quantitative estimate of drug-likeness (QED) is 0.171. The van der Waals surface area contributed by atoms with Crippen molar-refractivity contribution in [3.63, 3.8) is 0 Å². The molecule has 2 aromatic heterocycles. The van der Waals surface area contributed by atoms with E-state index in [0.29, 0.717) is 21.9 Å². The Morgan fingerprint density at radius 2 is 1.74 bits per heavy atom. The summed E-state index contributed by atoms with van der Waals surface area (Å²) in [6.45, 7) is 0. The van der Waals surface area contributed by atoms with Gasteiger partial charge in [-0.2, -0.15) is 0 Å². The van der Waals surface area contributed by atoms with E-state index in [1.165, 1.54) is 19.3 Å². The topological polar surface area (TPSA) is 116 Å². The van der Waals surface area contributed by atoms with E-state index in [9.17, 15) is 14.7 Å². The summed E-state index contributed by atoms with van der Waals surface area (Å²) in [5.74, 6) is -0.875. The van der Waals surface area contributed by atoms with Gasteiger partial charge in [0.2, 0.25) is 5.89 Å². The van der Waals surface area contributed by atoms with E-state index in [1.54, 1.807) is 48.5 Å². The van der Waals surface area contributed by atoms with Crippen LogP contribution in [0.25, 0.3) is 28.9 Å². The number of benzene rings is 2. The zero-order valence-electron chi connectivity index (χ0n) is 17.3. The molecule has 0 fully saturated rings. The van der Waals surface area contributed by atoms with Gasteiger partial charge in [0.05, 0.1) is 17.7 Å². The fourth-order valence-corrected chi connectivity index (χ4v) is 3.82. The maximum atomic E-state index is 11.9. The molecule has 0 unspecified atom stereocenters. The molecule has 0 atom stereocenters. The van der Waals surface area contributed by atoms with E-state index in [0.717, 1.165) is 11.8 Å². The molecule has 172 valence electrons. The molecule has 0 bridgehead atoms. The minimum Gasteiger partial charge on any atom is -0.477 e. The Morgan fingerprint density at radius 3 is 2.44 bits per heavy atom. The molecule has 11 heteroatoms. The Morgan fingerprint density at radius 1 is 1.00 bits per heavy atom. The van der Waals surface area contributed by atoms with Crippen LogP contribution in [0.1, 0.15) is 16.1 Å². The number of furan rings is 1. The average Bonchev–Trinajstić information content (AvgIpc) is 3.49. The smallest absolute Gasteiger partial charge is 0.342 e. The second kappa shape index (κ2) is 10.2. The third-order valence-corrected chi connectivity index (χ3v) is 5.90. The van der Waals surface area contributed by atoms with E-state index >= 15 is 0 Å². The van der Waals surface area contributed by atoms with Crippen LogP contribution in [0.5, 0.6) is 0 Å². The molecule has 2 aromatic carbocycles. The van der Waals surface area contributed by atoms with Crippen molar-refractivity contribution in [2.45, 2.75) is 5.22 Å². The molecule has 4 rings (SSSR count). The average molecular weight is 517 g/mol. The van der Waals surface area contributed by atoms with Crippen molar-refractivity contribution >= 4 is 53.0 Å². The second-order valence-electron chi connectivity index (χ2n) is 6.68. The predicted octanol–water partition coefficient (Wildman–Crippen LogP) is 6.31. The fraction of sp³-hybridized carbons (Fsp3) is 0.0435. The first-order valence-corrected chi connectivity index (χ1v) is 11.1. The third kappa shape index (κ3) is 5.33. The molecule has 1 N–H and O–H groups in total. The van der Waals surface area contributed by atoms with Gasteiger partial charge in [-0.05, 0) is 66.4 Å². The van der Waals surface area contributed by atoms with Crippen LogP contribution in [0.4, 0.5) is 0 Å². The van der Waals surface area contributed by atoms with E-state index < -0.39 is 11.9 Å². The molecule has 0 aliphatic heterocycles. The van der Waals surface area contributed by atoms with Crippen LogP contribution in [0.3, 0.4) is 0 Å². The Balaban J connectivity index is 1.56. The standard InChI is InChI=1S/C23H14Cl2N2O6S/c1-31-22(30)16-10-13(4-8-17(16)25)18-9-7-15(32-18)11-19(21(28)29)34-23-27-26-20(33-23)12-2-5-14(24)6-3-12/h2-11H,1H3,(H,28,29)/b19-11-. The monoisotopic (exact) mass is 516 g/mol. The summed E-state index contributed by atoms with van der Waals surface area (Å²) in [5.41, 5.74) is 1.40. The number of thioether (sulfide) groups is 1. The van der Waals surface area contributed by atoms with Crippen LogP contribution >= 0.6 is 35.0 Å². The van der Waals surface area contributed by atoms with Gasteiger partial charge in [0.15, 0.2) is 0 Å². The number of hydrogen-bond donors (Lipinski definition) is 1. The third-order valence-electron chi connectivity index (χ3n) is 4.46. The Labute approximate surface area is 207 Å². The van der Waals surface area contributed by atoms with Crippen molar-refractivity contribution in [1.29, 1.82) is 0 Å². The molecule has 0 radical (unpaired) electrons. The van der Waals surface area contributed by atoms with Crippen molar-refractivity contribution in [3.05, 3.63) is 80.9 Å². The number of aromatic nitrogens is 2. The lowest BCUT2D eigenvalue weighted by atomic mass is 10.1. The number of carboxylic acid groups (broad SMARTS) is 1. The lowest BCUT2D eigenvalue weighted by Gasteiger charge is -2.04. The maximum Gasteiger partial charge on any atom is 0.342 e. The fourth-order valence-electron chi connectivity index (χ4n) is 2.85. The first-order valence-electron chi connectivity index (χ1n) is 9.54. The number of methoxy groups -OCH3 is 1. The highest BCUT2D eigenvalue weighted by atomic mass is 35.5. The van der Waals surface area contributed by atoms with Crippen molar-refractivity contribution < 1.29 is 28.3 Å². The van der Waals surface area contributed by atoms with Gasteiger partial charge < -0.3 is 18.7 Å². The number of hydrogen-bond acceptors (Lipinski definition) is 8. The summed E-state index contributed by atoms with van der Waals surface area (Å²) >= 11 is 12.7. The maximum absolute atomic E-state index is 11.9. The summed E-state index contributed by atoms with van der Waals surface area (Å²) < 4.78 is 16.0. The van der Waals surface area contributed by atoms with Crippen LogP contribution < -0.4 is 0 Å². The van der Waals surface area contributed by atoms with Gasteiger partial charge in [-0.25, -0.2) is 9.59 Å². The molecule has 0 saturated carbocycles. The van der Waals surface area contributed by atoms with Crippen LogP contribution in [-0.2, 0) is 9.53 Å². The van der Waals surface area contributed by atoms with E-state index in [4.69, 9.17) is 36.8 Å². The van der Waals surface area contributed by atoms with Gasteiger partial charge in [0, 0.05) is 22.2 Å². The van der Waals surface area contributed by atoms with Crippen molar-refractivity contribution in [3.8, 4) is 22.8 Å². The summed E-state index contributed by atoms with van der Waals surface area (Å²) in [5, 5.41) is 18.3. The molecule has 0 saturated heterocycles. The van der Waals surface area contributed by atoms with Gasteiger partial charge in [-0.15, -0.1) is 10.2 Å². The molecule has 2 heterocycles. The van der Waals surface area contributed by atoms with Crippen LogP contribution in [0.15, 0.2) is 73.6 Å². The number of rotatable bonds is 7. The summed E-state index contributed by atoms with van der Waals surface area (Å²) in [6, 6.07) is 14.8. The van der Waals surface area contributed by atoms with Crippen LogP contribution in [-0.4, -0.2) is 34.4 Å². The molecule has 8 nitrogen and oxygen atoms in total. The largest absolute Gasteiger partial charge is 0.477 e. The zero-order chi connectivity index (χ0) is 24.2. The highest BCUT2D eigenvalue weighted by molar-refractivity contribution is 8.03. The lowest BCUT2D eigenvalue weighted by Crippen LogP contribution is -2.02. The molecule has 4 aromatic rings. The number of ether oxygens (including phenoxy) is 1. The SMILES string of the molecule is COC(=O)c1cc(-c2ccc(/C=C(\Sc3nnc(-c4ccc(Cl)cc4)o3)C(=O)O)o2)ccc1Cl. The molecular weight excluding hydrogens is 503 g/mol.